The molecule has 0 aliphatic heterocycles. The van der Waals surface area contributed by atoms with Gasteiger partial charge in [0.05, 0.1) is 11.0 Å². The number of phenols is 1. The summed E-state index contributed by atoms with van der Waals surface area (Å²) < 4.78 is 0. The van der Waals surface area contributed by atoms with Gasteiger partial charge >= 0.3 is 0 Å². The van der Waals surface area contributed by atoms with Gasteiger partial charge in [-0.3, -0.25) is 0 Å². The van der Waals surface area contributed by atoms with Crippen molar-refractivity contribution in [2.75, 3.05) is 0 Å². The normalized spacial score (nSPS) is 11.4. The molecule has 0 amide bonds. The minimum absolute atomic E-state index is 0.276. The molecule has 0 bridgehead atoms. The van der Waals surface area contributed by atoms with E-state index in [1.807, 2.05) is 30.3 Å². The van der Waals surface area contributed by atoms with E-state index in [1.54, 1.807) is 12.1 Å². The summed E-state index contributed by atoms with van der Waals surface area (Å²) in [5, 5.41) is 14.6. The maximum absolute atomic E-state index is 9.69. The van der Waals surface area contributed by atoms with Gasteiger partial charge in [0.15, 0.2) is 0 Å². The Morgan fingerprint density at radius 2 is 0.810 bits per heavy atom. The molecule has 1 heterocycles. The lowest BCUT2D eigenvalue weighted by atomic mass is 9.85. The zero-order chi connectivity index (χ0) is 28.0. The smallest absolute Gasteiger partial charge is 0.138 e. The second-order valence-corrected chi connectivity index (χ2v) is 10.6. The quantitative estimate of drug-likeness (QED) is 0.219. The number of H-pyrrole nitrogens is 1. The van der Waals surface area contributed by atoms with Gasteiger partial charge in [0, 0.05) is 5.56 Å². The van der Waals surface area contributed by atoms with Crippen LogP contribution in [0, 0.1) is 0 Å². The number of benzene rings is 7. The first kappa shape index (κ1) is 24.2. The molecule has 3 nitrogen and oxygen atoms in total. The summed E-state index contributed by atoms with van der Waals surface area (Å²) in [6.45, 7) is 0. The van der Waals surface area contributed by atoms with Crippen molar-refractivity contribution in [1.29, 1.82) is 0 Å². The molecular formula is C39H26N2O. The molecule has 0 saturated carbocycles. The van der Waals surface area contributed by atoms with Crippen molar-refractivity contribution in [3.63, 3.8) is 0 Å². The lowest BCUT2D eigenvalue weighted by Gasteiger charge is -2.18. The first-order valence-corrected chi connectivity index (χ1v) is 14.1. The first-order chi connectivity index (χ1) is 20.7. The fourth-order valence-electron chi connectivity index (χ4n) is 6.12. The molecule has 0 aliphatic rings. The van der Waals surface area contributed by atoms with Crippen molar-refractivity contribution in [2.45, 2.75) is 0 Å². The summed E-state index contributed by atoms with van der Waals surface area (Å²) in [7, 11) is 0. The topological polar surface area (TPSA) is 48.9 Å². The molecule has 198 valence electrons. The van der Waals surface area contributed by atoms with Crippen molar-refractivity contribution in [2.24, 2.45) is 0 Å². The monoisotopic (exact) mass is 538 g/mol. The minimum atomic E-state index is 0.276. The number of hydrogen-bond donors (Lipinski definition) is 2. The summed E-state index contributed by atoms with van der Waals surface area (Å²) >= 11 is 0. The lowest BCUT2D eigenvalue weighted by molar-refractivity contribution is 0.475. The van der Waals surface area contributed by atoms with Gasteiger partial charge in [-0.25, -0.2) is 4.98 Å². The second kappa shape index (κ2) is 9.76. The number of nitrogens with zero attached hydrogens (tertiary/aromatic N) is 1. The molecule has 3 heteroatoms. The largest absolute Gasteiger partial charge is 0.508 e. The Bertz CT molecular complexity index is 2140. The van der Waals surface area contributed by atoms with Crippen LogP contribution in [0.5, 0.6) is 5.75 Å². The van der Waals surface area contributed by atoms with Crippen molar-refractivity contribution in [3.8, 4) is 50.5 Å². The van der Waals surface area contributed by atoms with E-state index in [9.17, 15) is 5.11 Å². The standard InChI is InChI=1S/C39H26N2O/c42-30-23-21-26(22-24-30)25-13-15-27(16-14-25)37-31-7-1-3-9-33(31)38(34-10-4-2-8-32(34)37)28-17-19-29(20-18-28)39-40-35-11-5-6-12-36(35)41-39/h1-24,42H,(H,40,41). The molecule has 0 atom stereocenters. The number of para-hydroxylation sites is 2. The molecule has 0 radical (unpaired) electrons. The summed E-state index contributed by atoms with van der Waals surface area (Å²) in [6, 6.07) is 50.4. The molecule has 0 fully saturated rings. The number of aromatic amines is 1. The van der Waals surface area contributed by atoms with E-state index in [0.29, 0.717) is 0 Å². The Morgan fingerprint density at radius 1 is 0.405 bits per heavy atom. The number of hydrogen-bond acceptors (Lipinski definition) is 2. The minimum Gasteiger partial charge on any atom is -0.508 e. The van der Waals surface area contributed by atoms with Crippen LogP contribution in [0.25, 0.3) is 77.3 Å². The van der Waals surface area contributed by atoms with Crippen LogP contribution in [0.2, 0.25) is 0 Å². The third kappa shape index (κ3) is 4.03. The average Bonchev–Trinajstić information content (AvgIpc) is 3.49. The van der Waals surface area contributed by atoms with Crippen molar-refractivity contribution >= 4 is 32.6 Å². The molecule has 7 aromatic carbocycles. The molecule has 42 heavy (non-hydrogen) atoms. The molecule has 8 aromatic rings. The molecule has 0 unspecified atom stereocenters. The Kier molecular flexibility index (Phi) is 5.61. The van der Waals surface area contributed by atoms with Crippen LogP contribution in [0.15, 0.2) is 146 Å². The van der Waals surface area contributed by atoms with Crippen LogP contribution in [-0.4, -0.2) is 15.1 Å². The van der Waals surface area contributed by atoms with Crippen LogP contribution in [0.4, 0.5) is 0 Å². The number of nitrogens with one attached hydrogen (secondary N) is 1. The van der Waals surface area contributed by atoms with Gasteiger partial charge in [0.25, 0.3) is 0 Å². The van der Waals surface area contributed by atoms with Crippen LogP contribution < -0.4 is 0 Å². The SMILES string of the molecule is Oc1ccc(-c2ccc(-c3c4ccccc4c(-c4ccc(-c5nc6ccccc6[nH]5)cc4)c4ccccc34)cc2)cc1. The number of phenolic OH excluding ortho intramolecular Hbond substituents is 1. The van der Waals surface area contributed by atoms with E-state index in [-0.39, 0.29) is 5.75 Å². The first-order valence-electron chi connectivity index (χ1n) is 14.1. The average molecular weight is 539 g/mol. The zero-order valence-corrected chi connectivity index (χ0v) is 22.8. The van der Waals surface area contributed by atoms with Gasteiger partial charge in [-0.2, -0.15) is 0 Å². The number of aromatic nitrogens is 2. The Hall–Kier alpha value is -5.67. The van der Waals surface area contributed by atoms with Crippen molar-refractivity contribution in [3.05, 3.63) is 146 Å². The van der Waals surface area contributed by atoms with Gasteiger partial charge in [-0.05, 0) is 79.2 Å². The maximum Gasteiger partial charge on any atom is 0.138 e. The summed E-state index contributed by atoms with van der Waals surface area (Å²) in [5.74, 6) is 1.15. The van der Waals surface area contributed by atoms with Gasteiger partial charge in [-0.15, -0.1) is 0 Å². The van der Waals surface area contributed by atoms with Gasteiger partial charge in [-0.1, -0.05) is 121 Å². The van der Waals surface area contributed by atoms with E-state index in [4.69, 9.17) is 4.98 Å². The third-order valence-electron chi connectivity index (χ3n) is 8.14. The highest BCUT2D eigenvalue weighted by atomic mass is 16.3. The number of imidazole rings is 1. The predicted octanol–water partition coefficient (Wildman–Crippen LogP) is 10.2. The van der Waals surface area contributed by atoms with Crippen LogP contribution >= 0.6 is 0 Å². The molecule has 8 rings (SSSR count). The molecule has 0 saturated heterocycles. The lowest BCUT2D eigenvalue weighted by Crippen LogP contribution is -1.91. The predicted molar refractivity (Wildman–Crippen MR) is 175 cm³/mol. The van der Waals surface area contributed by atoms with E-state index >= 15 is 0 Å². The number of fused-ring (bicyclic) bond motifs is 3. The summed E-state index contributed by atoms with van der Waals surface area (Å²) in [4.78, 5) is 8.24. The Labute approximate surface area is 243 Å². The van der Waals surface area contributed by atoms with E-state index in [0.717, 1.165) is 33.5 Å². The fourth-order valence-corrected chi connectivity index (χ4v) is 6.12. The second-order valence-electron chi connectivity index (χ2n) is 10.6. The molecule has 0 spiro atoms. The molecule has 0 aliphatic carbocycles. The Morgan fingerprint density at radius 3 is 1.31 bits per heavy atom. The van der Waals surface area contributed by atoms with Crippen LogP contribution in [0.1, 0.15) is 0 Å². The summed E-state index contributed by atoms with van der Waals surface area (Å²) in [5.41, 5.74) is 10.1. The van der Waals surface area contributed by atoms with Crippen molar-refractivity contribution < 1.29 is 5.11 Å². The van der Waals surface area contributed by atoms with Gasteiger partial charge in [0.2, 0.25) is 0 Å². The number of aromatic hydroxyl groups is 1. The summed E-state index contributed by atoms with van der Waals surface area (Å²) in [6.07, 6.45) is 0. The highest BCUT2D eigenvalue weighted by molar-refractivity contribution is 6.21. The van der Waals surface area contributed by atoms with E-state index in [1.165, 1.54) is 43.8 Å². The molecule has 1 aromatic heterocycles. The van der Waals surface area contributed by atoms with Gasteiger partial charge < -0.3 is 10.1 Å². The number of rotatable bonds is 4. The third-order valence-corrected chi connectivity index (χ3v) is 8.14. The van der Waals surface area contributed by atoms with Crippen molar-refractivity contribution in [1.82, 2.24) is 9.97 Å². The highest BCUT2D eigenvalue weighted by Gasteiger charge is 2.17. The molecule has 2 N–H and O–H groups in total. The van der Waals surface area contributed by atoms with Crippen LogP contribution in [-0.2, 0) is 0 Å². The zero-order valence-electron chi connectivity index (χ0n) is 22.8. The fraction of sp³-hybridized carbons (Fsp3) is 0. The van der Waals surface area contributed by atoms with Gasteiger partial charge in [0.1, 0.15) is 11.6 Å². The highest BCUT2D eigenvalue weighted by Crippen LogP contribution is 2.44. The van der Waals surface area contributed by atoms with E-state index in [2.05, 4.69) is 108 Å². The van der Waals surface area contributed by atoms with E-state index < -0.39 is 0 Å². The maximum atomic E-state index is 9.69. The molecular weight excluding hydrogens is 512 g/mol. The Balaban J connectivity index is 1.27. The van der Waals surface area contributed by atoms with Crippen LogP contribution in [0.3, 0.4) is 0 Å².